The first-order valence-electron chi connectivity index (χ1n) is 17.6. The maximum Gasteiger partial charge on any atom is 0.329 e. The van der Waals surface area contributed by atoms with Crippen LogP contribution in [0.4, 0.5) is 10.1 Å². The van der Waals surface area contributed by atoms with Gasteiger partial charge in [0.25, 0.3) is 11.8 Å². The summed E-state index contributed by atoms with van der Waals surface area (Å²) in [7, 11) is -2.73. The first-order chi connectivity index (χ1) is 26.9. The highest BCUT2D eigenvalue weighted by Crippen LogP contribution is 2.40. The molecule has 3 heterocycles. The zero-order valence-electron chi connectivity index (χ0n) is 29.7. The van der Waals surface area contributed by atoms with Crippen molar-refractivity contribution in [3.8, 4) is 16.9 Å². The van der Waals surface area contributed by atoms with Crippen molar-refractivity contribution in [3.05, 3.63) is 130 Å². The van der Waals surface area contributed by atoms with Crippen molar-refractivity contribution in [2.45, 2.75) is 32.0 Å². The number of piperidine rings is 1. The van der Waals surface area contributed by atoms with E-state index in [1.807, 2.05) is 47.2 Å². The van der Waals surface area contributed by atoms with Crippen molar-refractivity contribution < 1.29 is 36.7 Å². The van der Waals surface area contributed by atoms with E-state index in [9.17, 15) is 32.4 Å². The number of aryl methyl sites for hydroxylation is 1. The van der Waals surface area contributed by atoms with Gasteiger partial charge in [-0.15, -0.1) is 0 Å². The van der Waals surface area contributed by atoms with Gasteiger partial charge in [0.15, 0.2) is 5.82 Å². The number of amides is 4. The molecule has 4 amide bonds. The number of imidazole rings is 1. The molecule has 2 aliphatic heterocycles. The van der Waals surface area contributed by atoms with Crippen molar-refractivity contribution in [3.63, 3.8) is 0 Å². The lowest BCUT2D eigenvalue weighted by atomic mass is 10.0. The number of hydrogen-bond donors (Lipinski definition) is 3. The van der Waals surface area contributed by atoms with E-state index >= 15 is 4.39 Å². The Morgan fingerprint density at radius 1 is 0.875 bits per heavy atom. The average molecular weight is 777 g/mol. The molecule has 2 saturated heterocycles. The van der Waals surface area contributed by atoms with Crippen LogP contribution in [0, 0.1) is 5.82 Å². The Hall–Kier alpha value is -6.81. The molecule has 14 nitrogen and oxygen atoms in total. The molecule has 56 heavy (non-hydrogen) atoms. The van der Waals surface area contributed by atoms with Crippen LogP contribution in [-0.4, -0.2) is 47.7 Å². The highest BCUT2D eigenvalue weighted by molar-refractivity contribution is 7.92. The summed E-state index contributed by atoms with van der Waals surface area (Å²) in [4.78, 5) is 62.7. The van der Waals surface area contributed by atoms with Crippen LogP contribution >= 0.6 is 0 Å². The first-order valence-corrected chi connectivity index (χ1v) is 19.0. The predicted octanol–water partition coefficient (Wildman–Crippen LogP) is 3.97. The summed E-state index contributed by atoms with van der Waals surface area (Å²) in [6.07, 6.45) is 0.390. The van der Waals surface area contributed by atoms with Gasteiger partial charge in [-0.05, 0) is 64.4 Å². The Balaban J connectivity index is 1.00. The second-order valence-corrected chi connectivity index (χ2v) is 15.1. The molecule has 3 N–H and O–H groups in total. The summed E-state index contributed by atoms with van der Waals surface area (Å²) in [5.74, 6) is -3.15. The summed E-state index contributed by atoms with van der Waals surface area (Å²) >= 11 is 0. The molecule has 2 fully saturated rings. The van der Waals surface area contributed by atoms with Gasteiger partial charge in [-0.25, -0.2) is 18.2 Å². The zero-order chi connectivity index (χ0) is 39.3. The van der Waals surface area contributed by atoms with Crippen molar-refractivity contribution in [1.82, 2.24) is 24.5 Å². The Bertz CT molecular complexity index is 2780. The molecule has 8 rings (SSSR count). The third kappa shape index (κ3) is 6.63. The van der Waals surface area contributed by atoms with Gasteiger partial charge in [-0.1, -0.05) is 66.7 Å². The number of nitrogens with one attached hydrogen (secondary N) is 3. The van der Waals surface area contributed by atoms with E-state index in [4.69, 9.17) is 4.74 Å². The fourth-order valence-electron chi connectivity index (χ4n) is 7.06. The molecule has 2 aliphatic rings. The van der Waals surface area contributed by atoms with E-state index in [1.165, 1.54) is 33.4 Å². The first kappa shape index (κ1) is 36.2. The van der Waals surface area contributed by atoms with Crippen molar-refractivity contribution in [2.24, 2.45) is 7.05 Å². The third-order valence-corrected chi connectivity index (χ3v) is 11.3. The van der Waals surface area contributed by atoms with Crippen LogP contribution in [-0.2, 0) is 44.8 Å². The Kier molecular flexibility index (Phi) is 9.12. The minimum atomic E-state index is -4.36. The molecule has 1 atom stereocenters. The van der Waals surface area contributed by atoms with Gasteiger partial charge >= 0.3 is 15.9 Å². The number of carbonyl (C=O) groups is 4. The number of halogens is 1. The van der Waals surface area contributed by atoms with Crippen molar-refractivity contribution in [2.75, 3.05) is 10.8 Å². The number of aromatic nitrogens is 2. The summed E-state index contributed by atoms with van der Waals surface area (Å²) < 4.78 is 53.0. The number of ether oxygens (including phenoxy) is 1. The highest BCUT2D eigenvalue weighted by Gasteiger charge is 2.38. The zero-order valence-corrected chi connectivity index (χ0v) is 30.6. The number of fused-ring (bicyclic) bond motifs is 2. The Morgan fingerprint density at radius 3 is 2.34 bits per heavy atom. The molecule has 0 radical (unpaired) electrons. The van der Waals surface area contributed by atoms with Crippen LogP contribution in [0.5, 0.6) is 5.75 Å². The molecular weight excluding hydrogens is 744 g/mol. The normalized spacial score (nSPS) is 16.6. The molecule has 0 saturated carbocycles. The number of imide groups is 1. The standard InChI is InChI=1S/C40H33FN6O8S/c1-45-32-18-26(12-14-30(32)47(40(45)52)31-15-16-34(48)43-39(31)51)25-9-7-23(8-10-25)20-42-38(50)27-11-13-29-28(17-27)19-33(55-22-24-5-3-2-4-6-24)37(36(29)41)46-21-35(49)44-56(46,53)54/h2-14,17-19,31H,15-16,20-22H2,1H3,(H,42,50)(H,44,49)(H,43,48,51). The summed E-state index contributed by atoms with van der Waals surface area (Å²) in [5.41, 5.74) is 3.88. The molecule has 0 aliphatic carbocycles. The SMILES string of the molecule is Cn1c(=O)n(C2CCC(=O)NC2=O)c2ccc(-c3ccc(CNC(=O)c4ccc5c(F)c(N6CC(=O)NS6(=O)=O)c(OCc6ccccc6)cc5c4)cc3)cc21. The van der Waals surface area contributed by atoms with Gasteiger partial charge in [0.05, 0.1) is 11.0 Å². The molecular formula is C40H33FN6O8S. The summed E-state index contributed by atoms with van der Waals surface area (Å²) in [5, 5.41) is 5.49. The summed E-state index contributed by atoms with van der Waals surface area (Å²) in [6.45, 7) is -0.462. The third-order valence-electron chi connectivity index (χ3n) is 9.94. The number of anilines is 1. The molecule has 6 aromatic rings. The van der Waals surface area contributed by atoms with E-state index in [-0.39, 0.29) is 59.7 Å². The quantitative estimate of drug-likeness (QED) is 0.185. The number of carbonyl (C=O) groups excluding carboxylic acids is 4. The van der Waals surface area contributed by atoms with E-state index in [1.54, 1.807) is 37.4 Å². The van der Waals surface area contributed by atoms with Crippen LogP contribution in [0.3, 0.4) is 0 Å². The fourth-order valence-corrected chi connectivity index (χ4v) is 8.22. The number of benzene rings is 5. The number of nitrogens with zero attached hydrogens (tertiary/aromatic N) is 3. The van der Waals surface area contributed by atoms with Crippen LogP contribution in [0.1, 0.15) is 40.4 Å². The largest absolute Gasteiger partial charge is 0.487 e. The maximum absolute atomic E-state index is 16.2. The predicted molar refractivity (Wildman–Crippen MR) is 204 cm³/mol. The van der Waals surface area contributed by atoms with Crippen molar-refractivity contribution in [1.29, 1.82) is 0 Å². The van der Waals surface area contributed by atoms with Crippen molar-refractivity contribution >= 4 is 61.3 Å². The van der Waals surface area contributed by atoms with Gasteiger partial charge in [-0.3, -0.25) is 33.6 Å². The van der Waals surface area contributed by atoms with E-state index in [2.05, 4.69) is 10.6 Å². The Morgan fingerprint density at radius 2 is 1.62 bits per heavy atom. The van der Waals surface area contributed by atoms with Crippen LogP contribution in [0.15, 0.2) is 102 Å². The Labute approximate surface area is 318 Å². The second-order valence-electron chi connectivity index (χ2n) is 13.5. The molecule has 0 bridgehead atoms. The lowest BCUT2D eigenvalue weighted by molar-refractivity contribution is -0.135. The van der Waals surface area contributed by atoms with Crippen LogP contribution < -0.4 is 30.1 Å². The topological polar surface area (TPSA) is 178 Å². The van der Waals surface area contributed by atoms with Gasteiger partial charge in [0.1, 0.15) is 30.6 Å². The smallest absolute Gasteiger partial charge is 0.329 e. The minimum Gasteiger partial charge on any atom is -0.487 e. The second kappa shape index (κ2) is 14.1. The summed E-state index contributed by atoms with van der Waals surface area (Å²) in [6, 6.07) is 26.9. The molecule has 5 aromatic carbocycles. The fraction of sp³-hybridized carbons (Fsp3) is 0.175. The minimum absolute atomic E-state index is 0.0145. The van der Waals surface area contributed by atoms with E-state index in [0.717, 1.165) is 22.3 Å². The average Bonchev–Trinajstić information content (AvgIpc) is 3.61. The van der Waals surface area contributed by atoms with Crippen LogP contribution in [0.2, 0.25) is 0 Å². The lowest BCUT2D eigenvalue weighted by Gasteiger charge is -2.21. The molecule has 284 valence electrons. The monoisotopic (exact) mass is 776 g/mol. The van der Waals surface area contributed by atoms with E-state index in [0.29, 0.717) is 15.3 Å². The van der Waals surface area contributed by atoms with Gasteiger partial charge in [-0.2, -0.15) is 8.42 Å². The van der Waals surface area contributed by atoms with Crippen LogP contribution in [0.25, 0.3) is 32.9 Å². The number of hydrogen-bond acceptors (Lipinski definition) is 8. The van der Waals surface area contributed by atoms with Gasteiger partial charge in [0, 0.05) is 31.0 Å². The lowest BCUT2D eigenvalue weighted by Crippen LogP contribution is -2.44. The molecule has 16 heteroatoms. The number of rotatable bonds is 9. The highest BCUT2D eigenvalue weighted by atomic mass is 32.2. The van der Waals surface area contributed by atoms with Gasteiger partial charge < -0.3 is 10.1 Å². The molecule has 1 unspecified atom stereocenters. The molecule has 1 aromatic heterocycles. The van der Waals surface area contributed by atoms with E-state index < -0.39 is 52.0 Å². The maximum atomic E-state index is 16.2. The van der Waals surface area contributed by atoms with Gasteiger partial charge in [0.2, 0.25) is 11.8 Å². The molecule has 0 spiro atoms.